The van der Waals surface area contributed by atoms with E-state index in [0.717, 1.165) is 44.6 Å². The molecule has 3 aromatic rings. The molecule has 0 bridgehead atoms. The molecule has 1 aliphatic heterocycles. The Morgan fingerprint density at radius 1 is 1.19 bits per heavy atom. The van der Waals surface area contributed by atoms with E-state index in [0.29, 0.717) is 51.5 Å². The van der Waals surface area contributed by atoms with Crippen molar-refractivity contribution in [3.8, 4) is 5.75 Å². The van der Waals surface area contributed by atoms with Crippen molar-refractivity contribution in [3.05, 3.63) is 69.8 Å². The van der Waals surface area contributed by atoms with Crippen LogP contribution >= 0.6 is 0 Å². The summed E-state index contributed by atoms with van der Waals surface area (Å²) in [5.41, 5.74) is 2.96. The van der Waals surface area contributed by atoms with Crippen molar-refractivity contribution in [2.24, 2.45) is 0 Å². The first-order chi connectivity index (χ1) is 20.0. The fourth-order valence-electron chi connectivity index (χ4n) is 5.53. The average molecular weight is 598 g/mol. The number of piperazine rings is 1. The lowest BCUT2D eigenvalue weighted by Crippen LogP contribution is -2.50. The highest BCUT2D eigenvalue weighted by Gasteiger charge is 2.26. The van der Waals surface area contributed by atoms with Gasteiger partial charge < -0.3 is 24.8 Å². The van der Waals surface area contributed by atoms with Crippen LogP contribution in [-0.4, -0.2) is 73.8 Å². The van der Waals surface area contributed by atoms with Crippen molar-refractivity contribution in [2.45, 2.75) is 59.0 Å². The Kier molecular flexibility index (Phi) is 9.83. The summed E-state index contributed by atoms with van der Waals surface area (Å²) in [7, 11) is -0.100. The van der Waals surface area contributed by atoms with Gasteiger partial charge in [-0.3, -0.25) is 9.59 Å². The molecule has 10 nitrogen and oxygen atoms in total. The van der Waals surface area contributed by atoms with Crippen molar-refractivity contribution >= 4 is 32.5 Å². The third-order valence-corrected chi connectivity index (χ3v) is 9.81. The van der Waals surface area contributed by atoms with Gasteiger partial charge in [0.25, 0.3) is 11.5 Å². The number of anilines is 1. The van der Waals surface area contributed by atoms with E-state index >= 15 is 0 Å². The van der Waals surface area contributed by atoms with E-state index in [1.54, 1.807) is 19.2 Å². The maximum atomic E-state index is 13.8. The maximum absolute atomic E-state index is 13.8. The van der Waals surface area contributed by atoms with Crippen LogP contribution in [0.3, 0.4) is 0 Å². The van der Waals surface area contributed by atoms with Gasteiger partial charge in [-0.2, -0.15) is 0 Å². The van der Waals surface area contributed by atoms with E-state index < -0.39 is 15.9 Å². The highest BCUT2D eigenvalue weighted by Crippen LogP contribution is 2.33. The number of likely N-dealkylation sites (N-methyl/N-ethyl adjacent to an activating group) is 1. The minimum atomic E-state index is -3.67. The van der Waals surface area contributed by atoms with Crippen molar-refractivity contribution in [1.29, 1.82) is 0 Å². The standard InChI is InChI=1S/C31H43N5O5S/c1-7-8-9-10-11-14-42(39,40)36-19-21(2)29-25(16-24(17-27(29)36)35-13-12-34(5)23(4)20-35)30(37)32-18-26-28(41-6)15-22(3)33-31(26)38/h7,15-17,19,23H,1,8-14,18,20H2,2-6H3,(H,32,37)(H,33,38). The summed E-state index contributed by atoms with van der Waals surface area (Å²) in [4.78, 5) is 33.7. The van der Waals surface area contributed by atoms with Crippen molar-refractivity contribution in [1.82, 2.24) is 19.2 Å². The van der Waals surface area contributed by atoms with Gasteiger partial charge in [0, 0.05) is 48.6 Å². The molecule has 228 valence electrons. The number of carbonyl (C=O) groups is 1. The number of benzene rings is 1. The summed E-state index contributed by atoms with van der Waals surface area (Å²) in [6.07, 6.45) is 6.56. The van der Waals surface area contributed by atoms with Crippen LogP contribution in [0.2, 0.25) is 0 Å². The number of ether oxygens (including phenoxy) is 1. The largest absolute Gasteiger partial charge is 0.496 e. The molecule has 1 atom stereocenters. The molecule has 1 unspecified atom stereocenters. The summed E-state index contributed by atoms with van der Waals surface area (Å²) < 4.78 is 33.9. The third kappa shape index (κ3) is 6.73. The number of nitrogens with zero attached hydrogens (tertiary/aromatic N) is 3. The first kappa shape index (κ1) is 31.4. The van der Waals surface area contributed by atoms with E-state index in [-0.39, 0.29) is 17.9 Å². The summed E-state index contributed by atoms with van der Waals surface area (Å²) in [5.74, 6) is 0.0119. The number of H-pyrrole nitrogens is 1. The Hall–Kier alpha value is -3.57. The second-order valence-corrected chi connectivity index (χ2v) is 13.2. The number of carbonyl (C=O) groups excluding carboxylic acids is 1. The number of amides is 1. The first-order valence-electron chi connectivity index (χ1n) is 14.5. The average Bonchev–Trinajstić information content (AvgIpc) is 3.30. The summed E-state index contributed by atoms with van der Waals surface area (Å²) in [6, 6.07) is 5.73. The molecule has 1 aromatic carbocycles. The van der Waals surface area contributed by atoms with Crippen molar-refractivity contribution in [3.63, 3.8) is 0 Å². The molecule has 1 fully saturated rings. The zero-order valence-corrected chi connectivity index (χ0v) is 26.1. The second-order valence-electron chi connectivity index (χ2n) is 11.2. The number of methoxy groups -OCH3 is 1. The fraction of sp³-hybridized carbons (Fsp3) is 0.484. The Morgan fingerprint density at radius 3 is 2.64 bits per heavy atom. The van der Waals surface area contributed by atoms with Crippen LogP contribution in [0.15, 0.2) is 41.8 Å². The van der Waals surface area contributed by atoms with Gasteiger partial charge in [0.2, 0.25) is 10.0 Å². The Labute approximate surface area is 248 Å². The number of pyridine rings is 1. The number of unbranched alkanes of at least 4 members (excludes halogenated alkanes) is 3. The lowest BCUT2D eigenvalue weighted by Gasteiger charge is -2.39. The number of aryl methyl sites for hydroxylation is 2. The van der Waals surface area contributed by atoms with Gasteiger partial charge in [-0.1, -0.05) is 12.5 Å². The molecule has 0 spiro atoms. The molecular weight excluding hydrogens is 554 g/mol. The number of fused-ring (bicyclic) bond motifs is 1. The van der Waals surface area contributed by atoms with Gasteiger partial charge >= 0.3 is 0 Å². The number of aromatic amines is 1. The molecule has 0 saturated carbocycles. The van der Waals surface area contributed by atoms with E-state index in [1.165, 1.54) is 11.1 Å². The van der Waals surface area contributed by atoms with Crippen molar-refractivity contribution < 1.29 is 17.9 Å². The summed E-state index contributed by atoms with van der Waals surface area (Å²) in [6.45, 7) is 11.8. The number of hydrogen-bond acceptors (Lipinski definition) is 7. The predicted molar refractivity (Wildman–Crippen MR) is 168 cm³/mol. The molecule has 0 radical (unpaired) electrons. The zero-order valence-electron chi connectivity index (χ0n) is 25.3. The number of hydrogen-bond donors (Lipinski definition) is 2. The molecule has 11 heteroatoms. The number of allylic oxidation sites excluding steroid dienone is 1. The second kappa shape index (κ2) is 13.2. The maximum Gasteiger partial charge on any atom is 0.256 e. The van der Waals surface area contributed by atoms with Crippen LogP contribution in [0.4, 0.5) is 5.69 Å². The molecular formula is C31H43N5O5S. The number of rotatable bonds is 12. The highest BCUT2D eigenvalue weighted by molar-refractivity contribution is 7.90. The Morgan fingerprint density at radius 2 is 1.95 bits per heavy atom. The number of aromatic nitrogens is 2. The van der Waals surface area contributed by atoms with E-state index in [4.69, 9.17) is 4.74 Å². The molecule has 42 heavy (non-hydrogen) atoms. The lowest BCUT2D eigenvalue weighted by atomic mass is 10.0. The minimum Gasteiger partial charge on any atom is -0.496 e. The van der Waals surface area contributed by atoms with Gasteiger partial charge in [0.05, 0.1) is 36.1 Å². The van der Waals surface area contributed by atoms with Crippen molar-refractivity contribution in [2.75, 3.05) is 44.4 Å². The Bertz CT molecular complexity index is 1620. The van der Waals surface area contributed by atoms with Crippen LogP contribution in [-0.2, 0) is 16.6 Å². The third-order valence-electron chi connectivity index (χ3n) is 8.10. The van der Waals surface area contributed by atoms with Crippen LogP contribution in [0.5, 0.6) is 5.75 Å². The topological polar surface area (TPSA) is 117 Å². The van der Waals surface area contributed by atoms with Gasteiger partial charge in [0.1, 0.15) is 5.75 Å². The summed E-state index contributed by atoms with van der Waals surface area (Å²) >= 11 is 0. The van der Waals surface area contributed by atoms with Gasteiger partial charge in [-0.25, -0.2) is 12.4 Å². The zero-order chi connectivity index (χ0) is 30.6. The van der Waals surface area contributed by atoms with Crippen LogP contribution < -0.4 is 20.5 Å². The van der Waals surface area contributed by atoms with Gasteiger partial charge in [0.15, 0.2) is 0 Å². The molecule has 3 heterocycles. The normalized spacial score (nSPS) is 16.1. The predicted octanol–water partition coefficient (Wildman–Crippen LogP) is 3.95. The lowest BCUT2D eigenvalue weighted by molar-refractivity contribution is 0.0952. The monoisotopic (exact) mass is 597 g/mol. The van der Waals surface area contributed by atoms with E-state index in [1.807, 2.05) is 25.1 Å². The molecule has 4 rings (SSSR count). The Balaban J connectivity index is 1.75. The van der Waals surface area contributed by atoms with Gasteiger partial charge in [-0.15, -0.1) is 6.58 Å². The SMILES string of the molecule is C=CCCCCCS(=O)(=O)n1cc(C)c2c(C(=O)NCc3c(OC)cc(C)[nH]c3=O)cc(N3CCN(C)C(C)C3)cc21. The van der Waals surface area contributed by atoms with E-state index in [9.17, 15) is 18.0 Å². The molecule has 1 amide bonds. The molecule has 1 saturated heterocycles. The minimum absolute atomic E-state index is 0.0145. The van der Waals surface area contributed by atoms with Crippen LogP contribution in [0, 0.1) is 13.8 Å². The molecule has 2 N–H and O–H groups in total. The molecule has 0 aliphatic carbocycles. The molecule has 2 aromatic heterocycles. The fourth-order valence-corrected chi connectivity index (χ4v) is 7.06. The van der Waals surface area contributed by atoms with Crippen LogP contribution in [0.25, 0.3) is 10.9 Å². The summed E-state index contributed by atoms with van der Waals surface area (Å²) in [5, 5.41) is 3.47. The van der Waals surface area contributed by atoms with Crippen LogP contribution in [0.1, 0.15) is 59.8 Å². The number of nitrogens with one attached hydrogen (secondary N) is 2. The smallest absolute Gasteiger partial charge is 0.256 e. The van der Waals surface area contributed by atoms with E-state index in [2.05, 4.69) is 40.7 Å². The quantitative estimate of drug-likeness (QED) is 0.240. The molecule has 1 aliphatic rings. The highest BCUT2D eigenvalue weighted by atomic mass is 32.2. The first-order valence-corrected chi connectivity index (χ1v) is 16.1. The van der Waals surface area contributed by atoms with Gasteiger partial charge in [-0.05, 0) is 70.8 Å².